The molecule has 1 aliphatic heterocycles. The van der Waals surface area contributed by atoms with Crippen LogP contribution in [0.2, 0.25) is 0 Å². The number of rotatable bonds is 2. The first kappa shape index (κ1) is 20.4. The highest BCUT2D eigenvalue weighted by Gasteiger charge is 2.60. The second-order valence-corrected chi connectivity index (χ2v) is 7.66. The van der Waals surface area contributed by atoms with Gasteiger partial charge in [-0.15, -0.1) is 0 Å². The number of ether oxygens (including phenoxy) is 3. The Balaban J connectivity index is 2.03. The highest BCUT2D eigenvalue weighted by molar-refractivity contribution is 6.68. The number of hydrogen-bond donors (Lipinski definition) is 0. The van der Waals surface area contributed by atoms with Gasteiger partial charge in [-0.1, -0.05) is 46.9 Å². The molecule has 0 N–H and O–H groups in total. The summed E-state index contributed by atoms with van der Waals surface area (Å²) in [6, 6.07) is 12.6. The number of aliphatic imine (C=N–C) groups is 1. The lowest BCUT2D eigenvalue weighted by Gasteiger charge is -2.30. The summed E-state index contributed by atoms with van der Waals surface area (Å²) in [4.78, 5) is 3.37. The molecule has 1 aliphatic rings. The van der Waals surface area contributed by atoms with Gasteiger partial charge < -0.3 is 14.2 Å². The van der Waals surface area contributed by atoms with Gasteiger partial charge in [-0.25, -0.2) is 0 Å². The van der Waals surface area contributed by atoms with E-state index in [2.05, 4.69) is 4.99 Å². The lowest BCUT2D eigenvalue weighted by molar-refractivity contribution is -0.0911. The van der Waals surface area contributed by atoms with Gasteiger partial charge in [0.15, 0.2) is 11.5 Å². The number of benzene rings is 2. The molecule has 3 rings (SSSR count). The van der Waals surface area contributed by atoms with Gasteiger partial charge in [0.2, 0.25) is 0 Å². The fourth-order valence-corrected chi connectivity index (χ4v) is 2.51. The summed E-state index contributed by atoms with van der Waals surface area (Å²) in [7, 11) is 0. The van der Waals surface area contributed by atoms with E-state index in [0.29, 0.717) is 0 Å². The number of fused-ring (bicyclic) bond motifs is 1. The van der Waals surface area contributed by atoms with E-state index in [-0.39, 0.29) is 22.8 Å². The largest absolute Gasteiger partial charge is 0.468 e. The molecule has 0 bridgehead atoms. The maximum Gasteiger partial charge on any atom is 0.468 e. The van der Waals surface area contributed by atoms with Crippen molar-refractivity contribution >= 4 is 40.7 Å². The monoisotopic (exact) mass is 450 g/mol. The molecule has 2 aromatic carbocycles. The topological polar surface area (TPSA) is 63.8 Å². The fourth-order valence-electron chi connectivity index (χ4n) is 2.15. The van der Waals surface area contributed by atoms with Crippen molar-refractivity contribution in [3.8, 4) is 23.3 Å². The van der Waals surface area contributed by atoms with E-state index >= 15 is 0 Å². The third-order valence-electron chi connectivity index (χ3n) is 3.39. The van der Waals surface area contributed by atoms with Crippen molar-refractivity contribution in [2.24, 2.45) is 4.99 Å². The molecule has 11 heteroatoms. The molecule has 0 aliphatic carbocycles. The van der Waals surface area contributed by atoms with Crippen LogP contribution in [0.3, 0.4) is 0 Å². The van der Waals surface area contributed by atoms with Crippen molar-refractivity contribution in [2.75, 3.05) is 0 Å². The van der Waals surface area contributed by atoms with Crippen LogP contribution >= 0.6 is 34.8 Å². The molecule has 0 aromatic heterocycles. The van der Waals surface area contributed by atoms with Crippen molar-refractivity contribution in [1.29, 1.82) is 5.26 Å². The molecular formula is C17H8Cl3F3N2O3. The first-order valence-corrected chi connectivity index (χ1v) is 8.56. The average Bonchev–Trinajstić information content (AvgIpc) is 3.00. The minimum atomic E-state index is -5.07. The van der Waals surface area contributed by atoms with Gasteiger partial charge in [-0.05, 0) is 36.4 Å². The average molecular weight is 452 g/mol. The molecule has 5 nitrogen and oxygen atoms in total. The maximum atomic E-state index is 13.5. The summed E-state index contributed by atoms with van der Waals surface area (Å²) in [5.41, 5.74) is 0.230. The van der Waals surface area contributed by atoms with Crippen LogP contribution in [-0.4, -0.2) is 21.8 Å². The Kier molecular flexibility index (Phi) is 5.28. The van der Waals surface area contributed by atoms with Gasteiger partial charge in [0.25, 0.3) is 3.79 Å². The van der Waals surface area contributed by atoms with Crippen LogP contribution in [0, 0.1) is 11.3 Å². The number of halogens is 6. The molecule has 28 heavy (non-hydrogen) atoms. The van der Waals surface area contributed by atoms with E-state index in [4.69, 9.17) is 54.3 Å². The van der Waals surface area contributed by atoms with E-state index in [1.54, 1.807) is 12.1 Å². The molecule has 0 saturated heterocycles. The zero-order chi connectivity index (χ0) is 20.6. The third kappa shape index (κ3) is 4.07. The summed E-state index contributed by atoms with van der Waals surface area (Å²) >= 11 is 17.5. The number of nitriles is 1. The van der Waals surface area contributed by atoms with Gasteiger partial charge in [-0.3, -0.25) is 0 Å². The van der Waals surface area contributed by atoms with E-state index in [1.165, 1.54) is 24.3 Å². The van der Waals surface area contributed by atoms with Gasteiger partial charge in [-0.2, -0.15) is 23.4 Å². The molecule has 0 atom stereocenters. The number of alkyl halides is 6. The second-order valence-electron chi connectivity index (χ2n) is 5.38. The number of nitrogens with zero attached hydrogens (tertiary/aromatic N) is 2. The number of hydrogen-bond acceptors (Lipinski definition) is 5. The Labute approximate surface area is 171 Å². The lowest BCUT2D eigenvalue weighted by Crippen LogP contribution is -2.51. The Morgan fingerprint density at radius 2 is 1.54 bits per heavy atom. The quantitative estimate of drug-likeness (QED) is 0.349. The van der Waals surface area contributed by atoms with Crippen LogP contribution in [-0.2, 0) is 0 Å². The van der Waals surface area contributed by atoms with Crippen molar-refractivity contribution in [2.45, 2.75) is 15.9 Å². The standard InChI is InChI=1S/C17H8Cl3F3N2O3/c18-16(19,20)17(27-12-3-1-2-4-13(12)28-17)25-14(15(21,22)23)26-11-7-5-10(9-24)6-8-11/h1-8H. The first-order chi connectivity index (χ1) is 13.0. The van der Waals surface area contributed by atoms with Crippen LogP contribution in [0.5, 0.6) is 17.2 Å². The van der Waals surface area contributed by atoms with Crippen LogP contribution in [0.15, 0.2) is 53.5 Å². The molecule has 0 fully saturated rings. The summed E-state index contributed by atoms with van der Waals surface area (Å²) in [6.07, 6.45) is -5.07. The van der Waals surface area contributed by atoms with Crippen LogP contribution in [0.4, 0.5) is 13.2 Å². The fraction of sp³-hybridized carbons (Fsp3) is 0.176. The Morgan fingerprint density at radius 3 is 1.96 bits per heavy atom. The van der Waals surface area contributed by atoms with Crippen molar-refractivity contribution < 1.29 is 27.4 Å². The van der Waals surface area contributed by atoms with Crippen molar-refractivity contribution in [3.05, 3.63) is 54.1 Å². The minimum Gasteiger partial charge on any atom is -0.435 e. The highest BCUT2D eigenvalue weighted by Crippen LogP contribution is 2.50. The molecule has 0 radical (unpaired) electrons. The Hall–Kier alpha value is -2.34. The molecule has 0 saturated carbocycles. The molecule has 1 heterocycles. The second kappa shape index (κ2) is 7.24. The SMILES string of the molecule is N#Cc1ccc(OC(=NC2(C(Cl)(Cl)Cl)Oc3ccccc3O2)C(F)(F)F)cc1. The van der Waals surface area contributed by atoms with Gasteiger partial charge in [0.1, 0.15) is 5.75 Å². The molecule has 2 aromatic rings. The molecule has 0 unspecified atom stereocenters. The predicted octanol–water partition coefficient (Wildman–Crippen LogP) is 5.39. The van der Waals surface area contributed by atoms with Crippen LogP contribution in [0.1, 0.15) is 5.56 Å². The molecule has 0 spiro atoms. The lowest BCUT2D eigenvalue weighted by atomic mass is 10.2. The summed E-state index contributed by atoms with van der Waals surface area (Å²) in [5, 5.41) is 8.77. The van der Waals surface area contributed by atoms with Gasteiger partial charge in [0, 0.05) is 0 Å². The van der Waals surface area contributed by atoms with Gasteiger partial charge in [0.05, 0.1) is 11.6 Å². The zero-order valence-corrected chi connectivity index (χ0v) is 15.8. The zero-order valence-electron chi connectivity index (χ0n) is 13.5. The first-order valence-electron chi connectivity index (χ1n) is 7.43. The van der Waals surface area contributed by atoms with Crippen LogP contribution < -0.4 is 14.2 Å². The molecule has 146 valence electrons. The summed E-state index contributed by atoms with van der Waals surface area (Å²) < 4.78 is 53.6. The highest BCUT2D eigenvalue weighted by atomic mass is 35.6. The van der Waals surface area contributed by atoms with Crippen LogP contribution in [0.25, 0.3) is 0 Å². The molecule has 0 amide bonds. The van der Waals surface area contributed by atoms with E-state index in [9.17, 15) is 13.2 Å². The normalized spacial score (nSPS) is 15.8. The Bertz CT molecular complexity index is 926. The number of para-hydroxylation sites is 2. The van der Waals surface area contributed by atoms with Gasteiger partial charge >= 0.3 is 18.0 Å². The van der Waals surface area contributed by atoms with E-state index < -0.39 is 21.8 Å². The smallest absolute Gasteiger partial charge is 0.435 e. The molecular weight excluding hydrogens is 444 g/mol. The minimum absolute atomic E-state index is 0.0393. The summed E-state index contributed by atoms with van der Waals surface area (Å²) in [5.74, 6) is -4.60. The maximum absolute atomic E-state index is 13.5. The van der Waals surface area contributed by atoms with Crippen molar-refractivity contribution in [1.82, 2.24) is 0 Å². The third-order valence-corrected chi connectivity index (χ3v) is 4.11. The van der Waals surface area contributed by atoms with E-state index in [0.717, 1.165) is 12.1 Å². The van der Waals surface area contributed by atoms with Crippen molar-refractivity contribution in [3.63, 3.8) is 0 Å². The Morgan fingerprint density at radius 1 is 1.00 bits per heavy atom. The predicted molar refractivity (Wildman–Crippen MR) is 96.0 cm³/mol. The van der Waals surface area contributed by atoms with E-state index in [1.807, 2.05) is 6.07 Å². The summed E-state index contributed by atoms with van der Waals surface area (Å²) in [6.45, 7) is 0.